The van der Waals surface area contributed by atoms with E-state index in [-0.39, 0.29) is 0 Å². The third-order valence-electron chi connectivity index (χ3n) is 2.28. The zero-order valence-corrected chi connectivity index (χ0v) is 13.6. The largest absolute Gasteiger partial charge is 0.250 e. The van der Waals surface area contributed by atoms with Crippen LogP contribution in [0.5, 0.6) is 0 Å². The van der Waals surface area contributed by atoms with Crippen molar-refractivity contribution in [2.75, 3.05) is 0 Å². The van der Waals surface area contributed by atoms with E-state index in [0.717, 1.165) is 11.4 Å². The molecule has 0 saturated carbocycles. The third kappa shape index (κ3) is 9.29. The van der Waals surface area contributed by atoms with Crippen molar-refractivity contribution < 1.29 is 0 Å². The van der Waals surface area contributed by atoms with Gasteiger partial charge in [0.05, 0.1) is 5.03 Å². The Hall–Kier alpha value is -0.760. The van der Waals surface area contributed by atoms with E-state index in [2.05, 4.69) is 31.5 Å². The van der Waals surface area contributed by atoms with Gasteiger partial charge in [-0.05, 0) is 24.5 Å². The minimum Gasteiger partial charge on any atom is -0.250 e. The fourth-order valence-corrected chi connectivity index (χ4v) is 2.18. The monoisotopic (exact) mass is 267 g/mol. The predicted molar refractivity (Wildman–Crippen MR) is 86.2 cm³/mol. The van der Waals surface area contributed by atoms with Crippen LogP contribution in [0.1, 0.15) is 48.0 Å². The highest BCUT2D eigenvalue weighted by Gasteiger charge is 2.12. The molecule has 0 fully saturated rings. The molecule has 0 aliphatic carbocycles. The Morgan fingerprint density at radius 3 is 2.28 bits per heavy atom. The molecule has 2 heteroatoms. The van der Waals surface area contributed by atoms with Crippen LogP contribution in [0, 0.1) is 5.92 Å². The number of hydrogen-bond acceptors (Lipinski definition) is 2. The van der Waals surface area contributed by atoms with Gasteiger partial charge in [-0.15, -0.1) is 18.3 Å². The van der Waals surface area contributed by atoms with Crippen LogP contribution in [0.25, 0.3) is 0 Å². The first-order valence-corrected chi connectivity index (χ1v) is 7.80. The smallest absolute Gasteiger partial charge is 0.0962 e. The van der Waals surface area contributed by atoms with Crippen molar-refractivity contribution in [2.45, 2.75) is 58.2 Å². The second kappa shape index (κ2) is 14.3. The van der Waals surface area contributed by atoms with E-state index in [1.807, 2.05) is 63.9 Å². The van der Waals surface area contributed by atoms with E-state index in [9.17, 15) is 0 Å². The fraction of sp³-hybridized carbons (Fsp3) is 0.562. The molecule has 1 aromatic rings. The molecular formula is C16H29NS. The normalized spacial score (nSPS) is 12.1. The molecule has 1 nitrogen and oxygen atoms in total. The summed E-state index contributed by atoms with van der Waals surface area (Å²) in [5.41, 5.74) is 0. The maximum Gasteiger partial charge on any atom is 0.0962 e. The highest BCUT2D eigenvalue weighted by atomic mass is 32.2. The molecule has 0 amide bonds. The van der Waals surface area contributed by atoms with Gasteiger partial charge in [0.1, 0.15) is 0 Å². The highest BCUT2D eigenvalue weighted by molar-refractivity contribution is 7.99. The third-order valence-corrected chi connectivity index (χ3v) is 3.60. The first-order valence-electron chi connectivity index (χ1n) is 6.92. The average molecular weight is 267 g/mol. The van der Waals surface area contributed by atoms with E-state index in [1.54, 1.807) is 0 Å². The predicted octanol–water partition coefficient (Wildman–Crippen LogP) is 5.83. The van der Waals surface area contributed by atoms with E-state index in [4.69, 9.17) is 0 Å². The van der Waals surface area contributed by atoms with Crippen LogP contribution < -0.4 is 0 Å². The molecule has 18 heavy (non-hydrogen) atoms. The lowest BCUT2D eigenvalue weighted by atomic mass is 10.1. The number of pyridine rings is 1. The molecular weight excluding hydrogens is 238 g/mol. The molecule has 2 atom stereocenters. The van der Waals surface area contributed by atoms with Gasteiger partial charge in [-0.1, -0.05) is 53.7 Å². The molecule has 0 aliphatic rings. The topological polar surface area (TPSA) is 12.9 Å². The van der Waals surface area contributed by atoms with E-state index in [1.165, 1.54) is 0 Å². The van der Waals surface area contributed by atoms with Crippen LogP contribution in [-0.4, -0.2) is 10.2 Å². The number of hydrogen-bond donors (Lipinski definition) is 0. The van der Waals surface area contributed by atoms with Crippen molar-refractivity contribution in [1.82, 2.24) is 4.98 Å². The number of rotatable bonds is 5. The molecule has 0 radical (unpaired) electrons. The number of aromatic nitrogens is 1. The van der Waals surface area contributed by atoms with Crippen molar-refractivity contribution in [2.24, 2.45) is 5.92 Å². The summed E-state index contributed by atoms with van der Waals surface area (Å²) in [5, 5.41) is 1.69. The van der Waals surface area contributed by atoms with Crippen LogP contribution in [0.15, 0.2) is 42.1 Å². The van der Waals surface area contributed by atoms with Gasteiger partial charge in [0.25, 0.3) is 0 Å². The molecule has 0 bridgehead atoms. The molecule has 0 spiro atoms. The summed E-state index contributed by atoms with van der Waals surface area (Å²) < 4.78 is 0. The zero-order valence-electron chi connectivity index (χ0n) is 12.8. The van der Waals surface area contributed by atoms with Gasteiger partial charge in [0.15, 0.2) is 0 Å². The summed E-state index contributed by atoms with van der Waals surface area (Å²) in [6.45, 7) is 16.3. The van der Waals surface area contributed by atoms with Gasteiger partial charge in [0, 0.05) is 11.4 Å². The summed E-state index contributed by atoms with van der Waals surface area (Å²) in [6.07, 6.45) is 4.90. The SMILES string of the molecule is C=CCC(C)C(C)Sc1ccccn1.CC.CC. The molecule has 0 saturated heterocycles. The highest BCUT2D eigenvalue weighted by Crippen LogP contribution is 2.27. The van der Waals surface area contributed by atoms with Gasteiger partial charge in [-0.25, -0.2) is 4.98 Å². The lowest BCUT2D eigenvalue weighted by molar-refractivity contribution is 0.586. The minimum absolute atomic E-state index is 0.586. The van der Waals surface area contributed by atoms with Crippen molar-refractivity contribution in [1.29, 1.82) is 0 Å². The Kier molecular flexibility index (Phi) is 15.6. The maximum absolute atomic E-state index is 4.30. The Morgan fingerprint density at radius 1 is 1.22 bits per heavy atom. The lowest BCUT2D eigenvalue weighted by Crippen LogP contribution is -2.09. The summed E-state index contributed by atoms with van der Waals surface area (Å²) in [6, 6.07) is 6.03. The Labute approximate surface area is 118 Å². The second-order valence-electron chi connectivity index (χ2n) is 3.49. The number of nitrogens with zero attached hydrogens (tertiary/aromatic N) is 1. The second-order valence-corrected chi connectivity index (χ2v) is 4.89. The Morgan fingerprint density at radius 2 is 1.83 bits per heavy atom. The lowest BCUT2D eigenvalue weighted by Gasteiger charge is -2.17. The summed E-state index contributed by atoms with van der Waals surface area (Å²) >= 11 is 1.83. The summed E-state index contributed by atoms with van der Waals surface area (Å²) in [4.78, 5) is 4.30. The Balaban J connectivity index is 0. The van der Waals surface area contributed by atoms with Gasteiger partial charge in [-0.2, -0.15) is 0 Å². The summed E-state index contributed by atoms with van der Waals surface area (Å²) in [7, 11) is 0. The molecule has 1 aromatic heterocycles. The van der Waals surface area contributed by atoms with Gasteiger partial charge < -0.3 is 0 Å². The fourth-order valence-electron chi connectivity index (χ4n) is 1.18. The van der Waals surface area contributed by atoms with Gasteiger partial charge in [-0.3, -0.25) is 0 Å². The van der Waals surface area contributed by atoms with Crippen molar-refractivity contribution in [3.8, 4) is 0 Å². The van der Waals surface area contributed by atoms with Gasteiger partial charge in [0.2, 0.25) is 0 Å². The van der Waals surface area contributed by atoms with E-state index in [0.29, 0.717) is 11.2 Å². The van der Waals surface area contributed by atoms with E-state index < -0.39 is 0 Å². The van der Waals surface area contributed by atoms with Crippen LogP contribution in [-0.2, 0) is 0 Å². The molecule has 1 rings (SSSR count). The molecule has 1 heterocycles. The van der Waals surface area contributed by atoms with Crippen LogP contribution in [0.3, 0.4) is 0 Å². The molecule has 0 aliphatic heterocycles. The first kappa shape index (κ1) is 19.6. The summed E-state index contributed by atoms with van der Waals surface area (Å²) in [5.74, 6) is 0.652. The molecule has 104 valence electrons. The van der Waals surface area contributed by atoms with Crippen LogP contribution in [0.4, 0.5) is 0 Å². The number of allylic oxidation sites excluding steroid dienone is 1. The van der Waals surface area contributed by atoms with Crippen LogP contribution in [0.2, 0.25) is 0 Å². The minimum atomic E-state index is 0.586. The standard InChI is InChI=1S/C12H17NS.2C2H6/c1-4-7-10(2)11(3)14-12-8-5-6-9-13-12;2*1-2/h4-6,8-11H,1,7H2,2-3H3;2*1-2H3. The van der Waals surface area contributed by atoms with E-state index >= 15 is 0 Å². The van der Waals surface area contributed by atoms with Gasteiger partial charge >= 0.3 is 0 Å². The van der Waals surface area contributed by atoms with Crippen LogP contribution >= 0.6 is 11.8 Å². The molecule has 0 aromatic carbocycles. The molecule has 0 N–H and O–H groups in total. The maximum atomic E-state index is 4.30. The number of thioether (sulfide) groups is 1. The zero-order chi connectivity index (χ0) is 14.4. The van der Waals surface area contributed by atoms with Crippen molar-refractivity contribution in [3.05, 3.63) is 37.1 Å². The van der Waals surface area contributed by atoms with Crippen molar-refractivity contribution >= 4 is 11.8 Å². The van der Waals surface area contributed by atoms with Crippen molar-refractivity contribution in [3.63, 3.8) is 0 Å². The quantitative estimate of drug-likeness (QED) is 0.492. The Bertz CT molecular complexity index is 272. The molecule has 2 unspecified atom stereocenters. The first-order chi connectivity index (χ1) is 8.74. The average Bonchev–Trinajstić information content (AvgIpc) is 2.44.